The summed E-state index contributed by atoms with van der Waals surface area (Å²) in [6.07, 6.45) is -5.29. The van der Waals surface area contributed by atoms with Gasteiger partial charge >= 0.3 is 6.18 Å². The maximum Gasteiger partial charge on any atom is 0.416 e. The van der Waals surface area contributed by atoms with Gasteiger partial charge in [-0.05, 0) is 49.4 Å². The van der Waals surface area contributed by atoms with Gasteiger partial charge in [0, 0.05) is 18.5 Å². The number of benzene rings is 2. The zero-order valence-electron chi connectivity index (χ0n) is 19.3. The first-order valence-electron chi connectivity index (χ1n) is 11.0. The molecule has 37 heavy (non-hydrogen) atoms. The molecule has 1 saturated heterocycles. The molecule has 2 aromatic carbocycles. The largest absolute Gasteiger partial charge is 0.416 e. The van der Waals surface area contributed by atoms with Gasteiger partial charge in [-0.15, -0.1) is 0 Å². The molecule has 0 spiro atoms. The Hall–Kier alpha value is -3.45. The summed E-state index contributed by atoms with van der Waals surface area (Å²) < 4.78 is 93.2. The molecule has 3 aromatic rings. The van der Waals surface area contributed by atoms with E-state index in [0.29, 0.717) is 17.0 Å². The van der Waals surface area contributed by atoms with Crippen LogP contribution in [0.25, 0.3) is 11.3 Å². The number of carbonyl (C=O) groups excluding carboxylic acids is 1. The molecule has 2 heterocycles. The van der Waals surface area contributed by atoms with Gasteiger partial charge in [0.15, 0.2) is 0 Å². The first-order valence-corrected chi connectivity index (χ1v) is 12.4. The first kappa shape index (κ1) is 26.6. The van der Waals surface area contributed by atoms with Gasteiger partial charge in [0.05, 0.1) is 28.4 Å². The number of amides is 1. The topological polar surface area (TPSA) is 92.3 Å². The Morgan fingerprint density at radius 1 is 1.11 bits per heavy atom. The van der Waals surface area contributed by atoms with Crippen LogP contribution in [0.1, 0.15) is 24.6 Å². The summed E-state index contributed by atoms with van der Waals surface area (Å²) >= 11 is 0. The first-order chi connectivity index (χ1) is 17.3. The Balaban J connectivity index is 1.51. The van der Waals surface area contributed by atoms with Crippen molar-refractivity contribution in [3.63, 3.8) is 0 Å². The third-order valence-electron chi connectivity index (χ3n) is 6.09. The van der Waals surface area contributed by atoms with E-state index in [1.807, 2.05) is 0 Å². The number of hydrogen-bond donors (Lipinski definition) is 1. The molecular weight excluding hydrogens is 519 g/mol. The molecule has 1 amide bonds. The number of rotatable bonds is 6. The van der Waals surface area contributed by atoms with E-state index in [2.05, 4.69) is 15.3 Å². The Kier molecular flexibility index (Phi) is 7.04. The summed E-state index contributed by atoms with van der Waals surface area (Å²) in [5.74, 6) is -1.42. The Morgan fingerprint density at radius 3 is 2.38 bits per heavy atom. The molecule has 1 aromatic heterocycles. The van der Waals surface area contributed by atoms with Gasteiger partial charge in [-0.1, -0.05) is 12.1 Å². The van der Waals surface area contributed by atoms with E-state index in [0.717, 1.165) is 40.7 Å². The van der Waals surface area contributed by atoms with Crippen LogP contribution in [0.5, 0.6) is 0 Å². The van der Waals surface area contributed by atoms with Crippen molar-refractivity contribution in [2.24, 2.45) is 0 Å². The molecule has 2 atom stereocenters. The monoisotopic (exact) mass is 540 g/mol. The second kappa shape index (κ2) is 9.78. The summed E-state index contributed by atoms with van der Waals surface area (Å²) in [5.41, 5.74) is -1.58. The van der Waals surface area contributed by atoms with Crippen molar-refractivity contribution >= 4 is 15.9 Å². The molecular formula is C24H21F5N4O3S. The lowest BCUT2D eigenvalue weighted by Gasteiger charge is -2.32. The molecule has 0 radical (unpaired) electrons. The van der Waals surface area contributed by atoms with Crippen LogP contribution in [0.15, 0.2) is 65.8 Å². The zero-order valence-corrected chi connectivity index (χ0v) is 20.2. The van der Waals surface area contributed by atoms with Crippen LogP contribution < -0.4 is 5.32 Å². The van der Waals surface area contributed by atoms with Crippen molar-refractivity contribution in [3.8, 4) is 11.3 Å². The number of sulfonamides is 1. The fourth-order valence-electron chi connectivity index (χ4n) is 4.13. The second-order valence-corrected chi connectivity index (χ2v) is 10.6. The van der Waals surface area contributed by atoms with Gasteiger partial charge in [0.1, 0.15) is 23.9 Å². The summed E-state index contributed by atoms with van der Waals surface area (Å²) in [7, 11) is -4.32. The number of aromatic nitrogens is 2. The minimum absolute atomic E-state index is 0.175. The van der Waals surface area contributed by atoms with Crippen LogP contribution in [-0.4, -0.2) is 46.9 Å². The van der Waals surface area contributed by atoms with E-state index in [9.17, 15) is 35.2 Å². The standard InChI is InChI=1S/C24H21F5N4O3S/c1-23(11-18(26)13-33(23)37(35,36)20-8-6-17(25)7-9-20)22(34)30-12-19-10-21(32-14-31-19)15-2-4-16(5-3-15)24(27,28)29/h2-10,14,18H,11-13H2,1H3,(H,30,34)/t18-,23+/m1/s1. The highest BCUT2D eigenvalue weighted by Gasteiger charge is 2.53. The van der Waals surface area contributed by atoms with Crippen molar-refractivity contribution in [1.82, 2.24) is 19.6 Å². The molecule has 0 bridgehead atoms. The summed E-state index contributed by atoms with van der Waals surface area (Å²) in [5, 5.41) is 2.56. The summed E-state index contributed by atoms with van der Waals surface area (Å²) in [6.45, 7) is 0.581. The van der Waals surface area contributed by atoms with Gasteiger partial charge in [0.25, 0.3) is 0 Å². The summed E-state index contributed by atoms with van der Waals surface area (Å²) in [4.78, 5) is 20.9. The molecule has 1 aliphatic heterocycles. The Labute approximate surface area is 209 Å². The highest BCUT2D eigenvalue weighted by atomic mass is 32.2. The van der Waals surface area contributed by atoms with E-state index >= 15 is 0 Å². The average molecular weight is 541 g/mol. The minimum atomic E-state index is -4.48. The van der Waals surface area contributed by atoms with Crippen LogP contribution in [-0.2, 0) is 27.5 Å². The van der Waals surface area contributed by atoms with Crippen molar-refractivity contribution in [3.05, 3.63) is 78.0 Å². The average Bonchev–Trinajstić information content (AvgIpc) is 3.18. The van der Waals surface area contributed by atoms with E-state index in [4.69, 9.17) is 0 Å². The van der Waals surface area contributed by atoms with Crippen LogP contribution in [0.3, 0.4) is 0 Å². The Bertz CT molecular complexity index is 1400. The molecule has 196 valence electrons. The van der Waals surface area contributed by atoms with Gasteiger partial charge in [-0.2, -0.15) is 17.5 Å². The van der Waals surface area contributed by atoms with Gasteiger partial charge < -0.3 is 5.32 Å². The number of nitrogens with zero attached hydrogens (tertiary/aromatic N) is 3. The maximum atomic E-state index is 14.4. The van der Waals surface area contributed by atoms with Crippen molar-refractivity contribution < 1.29 is 35.2 Å². The smallest absolute Gasteiger partial charge is 0.349 e. The zero-order chi connectivity index (χ0) is 27.0. The fraction of sp³-hybridized carbons (Fsp3) is 0.292. The molecule has 1 fully saturated rings. The molecule has 4 rings (SSSR count). The lowest BCUT2D eigenvalue weighted by molar-refractivity contribution is -0.137. The quantitative estimate of drug-likeness (QED) is 0.476. The minimum Gasteiger partial charge on any atom is -0.349 e. The van der Waals surface area contributed by atoms with Gasteiger partial charge in [0.2, 0.25) is 15.9 Å². The van der Waals surface area contributed by atoms with Crippen LogP contribution in [0, 0.1) is 5.82 Å². The molecule has 13 heteroatoms. The van der Waals surface area contributed by atoms with E-state index < -0.39 is 51.7 Å². The number of carbonyl (C=O) groups is 1. The van der Waals surface area contributed by atoms with Gasteiger partial charge in [-0.25, -0.2) is 27.2 Å². The maximum absolute atomic E-state index is 14.4. The van der Waals surface area contributed by atoms with Crippen LogP contribution in [0.4, 0.5) is 22.0 Å². The lowest BCUT2D eigenvalue weighted by Crippen LogP contribution is -2.55. The number of halogens is 5. The number of nitrogens with one attached hydrogen (secondary N) is 1. The highest BCUT2D eigenvalue weighted by Crippen LogP contribution is 2.36. The van der Waals surface area contributed by atoms with E-state index in [1.54, 1.807) is 0 Å². The predicted octanol–water partition coefficient (Wildman–Crippen LogP) is 4.11. The number of alkyl halides is 4. The summed E-state index contributed by atoms with van der Waals surface area (Å²) in [6, 6.07) is 9.81. The molecule has 0 unspecified atom stereocenters. The molecule has 0 aliphatic carbocycles. The van der Waals surface area contributed by atoms with Gasteiger partial charge in [-0.3, -0.25) is 4.79 Å². The third-order valence-corrected chi connectivity index (χ3v) is 8.09. The second-order valence-electron chi connectivity index (χ2n) is 8.72. The van der Waals surface area contributed by atoms with Crippen molar-refractivity contribution in [2.45, 2.75) is 42.7 Å². The lowest BCUT2D eigenvalue weighted by atomic mass is 9.98. The molecule has 7 nitrogen and oxygen atoms in total. The predicted molar refractivity (Wildman–Crippen MR) is 123 cm³/mol. The van der Waals surface area contributed by atoms with Crippen LogP contribution in [0.2, 0.25) is 0 Å². The Morgan fingerprint density at radius 2 is 1.76 bits per heavy atom. The molecule has 1 aliphatic rings. The van der Waals surface area contributed by atoms with Crippen molar-refractivity contribution in [2.75, 3.05) is 6.54 Å². The fourth-order valence-corrected chi connectivity index (χ4v) is 5.91. The highest BCUT2D eigenvalue weighted by molar-refractivity contribution is 7.89. The normalized spacial score (nSPS) is 20.6. The molecule has 1 N–H and O–H groups in total. The van der Waals surface area contributed by atoms with Crippen molar-refractivity contribution in [1.29, 1.82) is 0 Å². The number of hydrogen-bond acceptors (Lipinski definition) is 5. The van der Waals surface area contributed by atoms with E-state index in [-0.39, 0.29) is 17.9 Å². The SMILES string of the molecule is C[C@@]1(C(=O)NCc2cc(-c3ccc(C(F)(F)F)cc3)ncn2)C[C@@H](F)CN1S(=O)(=O)c1ccc(F)cc1. The van der Waals surface area contributed by atoms with E-state index in [1.165, 1.54) is 31.5 Å². The van der Waals surface area contributed by atoms with Crippen LogP contribution >= 0.6 is 0 Å². The molecule has 0 saturated carbocycles. The third kappa shape index (κ3) is 5.47.